The van der Waals surface area contributed by atoms with Crippen LogP contribution < -0.4 is 5.32 Å². The summed E-state index contributed by atoms with van der Waals surface area (Å²) in [5.74, 6) is 0.506. The zero-order chi connectivity index (χ0) is 19.8. The van der Waals surface area contributed by atoms with Crippen molar-refractivity contribution in [3.8, 4) is 0 Å². The molecule has 0 aliphatic carbocycles. The van der Waals surface area contributed by atoms with Crippen molar-refractivity contribution in [3.05, 3.63) is 23.0 Å². The molecule has 146 valence electrons. The van der Waals surface area contributed by atoms with Crippen molar-refractivity contribution < 1.29 is 12.8 Å². The van der Waals surface area contributed by atoms with Crippen LogP contribution in [0.5, 0.6) is 0 Å². The van der Waals surface area contributed by atoms with E-state index in [-0.39, 0.29) is 20.9 Å². The Morgan fingerprint density at radius 1 is 1.19 bits per heavy atom. The summed E-state index contributed by atoms with van der Waals surface area (Å²) in [6.07, 6.45) is 1.09. The van der Waals surface area contributed by atoms with Crippen LogP contribution in [0.3, 0.4) is 0 Å². The summed E-state index contributed by atoms with van der Waals surface area (Å²) < 4.78 is 31.8. The lowest BCUT2D eigenvalue weighted by atomic mass is 9.97. The third kappa shape index (κ3) is 3.64. The maximum Gasteiger partial charge on any atom is 0.200 e. The Balaban J connectivity index is 0.00000117. The smallest absolute Gasteiger partial charge is 0.200 e. The summed E-state index contributed by atoms with van der Waals surface area (Å²) in [6.45, 7) is 13.1. The Hall–Kier alpha value is -1.11. The number of hydrogen-bond acceptors (Lipinski definition) is 5. The van der Waals surface area contributed by atoms with Gasteiger partial charge in [-0.05, 0) is 45.0 Å². The van der Waals surface area contributed by atoms with Crippen LogP contribution in [0.15, 0.2) is 21.4 Å². The highest BCUT2D eigenvalue weighted by molar-refractivity contribution is 7.93. The number of fused-ring (bicyclic) bond motifs is 1. The fourth-order valence-electron chi connectivity index (χ4n) is 2.99. The maximum absolute atomic E-state index is 13.4. The number of nitrogens with one attached hydrogen (secondary N) is 1. The number of nitrogens with zero attached hydrogens (tertiary/aromatic N) is 1. The number of sulfone groups is 1. The standard InChI is InChI=1S/C17H23ClN2O3S.C2H6/c1-16(2,3)15-20-12-6-5-11(18)14(13(12)23-15)24(21,22)17(4)7-9-19-10-8-17;1-2/h5-6,19H,7-10H2,1-4H3;1-2H3. The number of rotatable bonds is 2. The lowest BCUT2D eigenvalue weighted by Crippen LogP contribution is -2.45. The first-order valence-electron chi connectivity index (χ1n) is 9.11. The number of hydrogen-bond donors (Lipinski definition) is 1. The molecule has 0 spiro atoms. The van der Waals surface area contributed by atoms with Crippen LogP contribution >= 0.6 is 11.6 Å². The second-order valence-corrected chi connectivity index (χ2v) is 10.5. The van der Waals surface area contributed by atoms with Gasteiger partial charge >= 0.3 is 0 Å². The average molecular weight is 401 g/mol. The van der Waals surface area contributed by atoms with Gasteiger partial charge < -0.3 is 9.73 Å². The number of aromatic nitrogens is 1. The minimum absolute atomic E-state index is 0.0778. The van der Waals surface area contributed by atoms with Gasteiger partial charge in [-0.25, -0.2) is 13.4 Å². The van der Waals surface area contributed by atoms with Gasteiger partial charge in [-0.15, -0.1) is 0 Å². The molecule has 2 heterocycles. The summed E-state index contributed by atoms with van der Waals surface area (Å²) in [4.78, 5) is 4.54. The fraction of sp³-hybridized carbons (Fsp3) is 0.632. The van der Waals surface area contributed by atoms with Crippen molar-refractivity contribution in [2.24, 2.45) is 0 Å². The van der Waals surface area contributed by atoms with Gasteiger partial charge in [0.1, 0.15) is 10.4 Å². The van der Waals surface area contributed by atoms with Crippen LogP contribution in [-0.2, 0) is 15.3 Å². The van der Waals surface area contributed by atoms with Crippen molar-refractivity contribution in [2.75, 3.05) is 13.1 Å². The predicted molar refractivity (Wildman–Crippen MR) is 107 cm³/mol. The molecule has 7 heteroatoms. The molecule has 1 aliphatic heterocycles. The molecule has 0 saturated carbocycles. The number of halogens is 1. The van der Waals surface area contributed by atoms with Crippen molar-refractivity contribution in [3.63, 3.8) is 0 Å². The highest BCUT2D eigenvalue weighted by atomic mass is 35.5. The van der Waals surface area contributed by atoms with Crippen LogP contribution in [0.1, 0.15) is 60.3 Å². The third-order valence-electron chi connectivity index (χ3n) is 4.68. The Kier molecular flexibility index (Phi) is 6.10. The minimum Gasteiger partial charge on any atom is -0.439 e. The monoisotopic (exact) mass is 400 g/mol. The van der Waals surface area contributed by atoms with Gasteiger partial charge in [-0.2, -0.15) is 0 Å². The normalized spacial score (nSPS) is 17.7. The quantitative estimate of drug-likeness (QED) is 0.789. The molecule has 1 fully saturated rings. The minimum atomic E-state index is -3.66. The molecule has 0 bridgehead atoms. The van der Waals surface area contributed by atoms with E-state index in [0.29, 0.717) is 37.3 Å². The van der Waals surface area contributed by atoms with Crippen molar-refractivity contribution in [1.82, 2.24) is 10.3 Å². The van der Waals surface area contributed by atoms with Crippen LogP contribution in [-0.4, -0.2) is 31.2 Å². The summed E-state index contributed by atoms with van der Waals surface area (Å²) in [6, 6.07) is 3.30. The molecule has 1 aromatic heterocycles. The average Bonchev–Trinajstić information content (AvgIpc) is 3.01. The topological polar surface area (TPSA) is 72.2 Å². The van der Waals surface area contributed by atoms with Crippen LogP contribution in [0.4, 0.5) is 0 Å². The van der Waals surface area contributed by atoms with Gasteiger partial charge in [0.15, 0.2) is 15.4 Å². The molecular weight excluding hydrogens is 372 g/mol. The second kappa shape index (κ2) is 7.49. The fourth-order valence-corrected chi connectivity index (χ4v) is 5.39. The molecule has 1 N–H and O–H groups in total. The summed E-state index contributed by atoms with van der Waals surface area (Å²) in [5, 5.41) is 3.40. The van der Waals surface area contributed by atoms with E-state index in [1.165, 1.54) is 0 Å². The van der Waals surface area contributed by atoms with Crippen molar-refractivity contribution in [2.45, 2.75) is 69.4 Å². The summed E-state index contributed by atoms with van der Waals surface area (Å²) in [7, 11) is -3.66. The largest absolute Gasteiger partial charge is 0.439 e. The number of benzene rings is 1. The van der Waals surface area contributed by atoms with E-state index < -0.39 is 14.6 Å². The van der Waals surface area contributed by atoms with E-state index >= 15 is 0 Å². The first-order valence-corrected chi connectivity index (χ1v) is 11.0. The molecule has 1 aliphatic rings. The van der Waals surface area contributed by atoms with Crippen LogP contribution in [0.25, 0.3) is 11.1 Å². The zero-order valence-electron chi connectivity index (χ0n) is 16.4. The molecule has 0 amide bonds. The molecule has 0 atom stereocenters. The van der Waals surface area contributed by atoms with Gasteiger partial charge in [0.25, 0.3) is 0 Å². The molecular formula is C19H29ClN2O3S. The summed E-state index contributed by atoms with van der Waals surface area (Å²) >= 11 is 6.31. The number of piperidine rings is 1. The number of oxazole rings is 1. The summed E-state index contributed by atoms with van der Waals surface area (Å²) in [5.41, 5.74) is 0.484. The lowest BCUT2D eigenvalue weighted by molar-refractivity contribution is 0.402. The SMILES string of the molecule is CC.CC(C)(C)c1nc2ccc(Cl)c(S(=O)(=O)C3(C)CCNCC3)c2o1. The van der Waals surface area contributed by atoms with Gasteiger partial charge in [-0.3, -0.25) is 0 Å². The van der Waals surface area contributed by atoms with E-state index in [9.17, 15) is 8.42 Å². The maximum atomic E-state index is 13.4. The Morgan fingerprint density at radius 2 is 1.77 bits per heavy atom. The van der Waals surface area contributed by atoms with Crippen LogP contribution in [0, 0.1) is 0 Å². The highest BCUT2D eigenvalue weighted by Crippen LogP contribution is 2.41. The predicted octanol–water partition coefficient (Wildman–Crippen LogP) is 4.72. The Morgan fingerprint density at radius 3 is 2.31 bits per heavy atom. The molecule has 0 unspecified atom stereocenters. The molecule has 0 radical (unpaired) electrons. The van der Waals surface area contributed by atoms with E-state index in [0.717, 1.165) is 0 Å². The van der Waals surface area contributed by atoms with Gasteiger partial charge in [0, 0.05) is 5.41 Å². The first-order chi connectivity index (χ1) is 12.1. The Labute approximate surface area is 161 Å². The van der Waals surface area contributed by atoms with Crippen LogP contribution in [0.2, 0.25) is 5.02 Å². The third-order valence-corrected chi connectivity index (χ3v) is 7.76. The lowest BCUT2D eigenvalue weighted by Gasteiger charge is -2.33. The molecule has 1 saturated heterocycles. The van der Waals surface area contributed by atoms with E-state index in [1.54, 1.807) is 19.1 Å². The van der Waals surface area contributed by atoms with E-state index in [4.69, 9.17) is 16.0 Å². The second-order valence-electron chi connectivity index (χ2n) is 7.70. The zero-order valence-corrected chi connectivity index (χ0v) is 18.0. The molecule has 1 aromatic carbocycles. The first kappa shape index (κ1) is 21.2. The van der Waals surface area contributed by atoms with E-state index in [2.05, 4.69) is 10.3 Å². The van der Waals surface area contributed by atoms with Crippen molar-refractivity contribution >= 4 is 32.5 Å². The van der Waals surface area contributed by atoms with Gasteiger partial charge in [-0.1, -0.05) is 46.2 Å². The molecule has 5 nitrogen and oxygen atoms in total. The molecule has 3 rings (SSSR count). The van der Waals surface area contributed by atoms with E-state index in [1.807, 2.05) is 34.6 Å². The molecule has 2 aromatic rings. The highest BCUT2D eigenvalue weighted by Gasteiger charge is 2.44. The van der Waals surface area contributed by atoms with Gasteiger partial charge in [0.2, 0.25) is 5.89 Å². The van der Waals surface area contributed by atoms with Crippen molar-refractivity contribution in [1.29, 1.82) is 0 Å². The Bertz CT molecular complexity index is 876. The molecule has 26 heavy (non-hydrogen) atoms. The van der Waals surface area contributed by atoms with Gasteiger partial charge in [0.05, 0.1) is 9.77 Å².